The van der Waals surface area contributed by atoms with Crippen molar-refractivity contribution in [3.8, 4) is 5.75 Å². The molecule has 5 heteroatoms. The molecule has 2 rings (SSSR count). The zero-order chi connectivity index (χ0) is 13.8. The normalized spacial score (nSPS) is 12.0. The summed E-state index contributed by atoms with van der Waals surface area (Å²) in [5.74, 6) is 0.832. The molecule has 2 aromatic rings. The van der Waals surface area contributed by atoms with E-state index in [1.54, 1.807) is 13.3 Å². The van der Waals surface area contributed by atoms with Crippen LogP contribution >= 0.6 is 31.9 Å². The lowest BCUT2D eigenvalue weighted by Crippen LogP contribution is -2.07. The van der Waals surface area contributed by atoms with Gasteiger partial charge >= 0.3 is 0 Å². The van der Waals surface area contributed by atoms with Gasteiger partial charge in [0.15, 0.2) is 0 Å². The number of aromatic nitrogens is 1. The average molecular weight is 386 g/mol. The highest BCUT2D eigenvalue weighted by Crippen LogP contribution is 2.30. The summed E-state index contributed by atoms with van der Waals surface area (Å²) in [6.45, 7) is 2.10. The Labute approximate surface area is 129 Å². The maximum Gasteiger partial charge on any atom is 0.133 e. The van der Waals surface area contributed by atoms with Crippen LogP contribution in [0.5, 0.6) is 5.75 Å². The van der Waals surface area contributed by atoms with E-state index in [9.17, 15) is 0 Å². The van der Waals surface area contributed by atoms with Crippen LogP contribution in [0.4, 0.5) is 5.69 Å². The van der Waals surface area contributed by atoms with Crippen molar-refractivity contribution in [2.24, 2.45) is 0 Å². The topological polar surface area (TPSA) is 34.1 Å². The molecular weight excluding hydrogens is 372 g/mol. The lowest BCUT2D eigenvalue weighted by atomic mass is 10.1. The molecule has 3 nitrogen and oxygen atoms in total. The zero-order valence-corrected chi connectivity index (χ0v) is 13.8. The third-order valence-electron chi connectivity index (χ3n) is 2.81. The minimum atomic E-state index is 0.169. The van der Waals surface area contributed by atoms with Gasteiger partial charge in [-0.15, -0.1) is 0 Å². The monoisotopic (exact) mass is 384 g/mol. The molecule has 0 spiro atoms. The Balaban J connectivity index is 2.18. The van der Waals surface area contributed by atoms with Crippen LogP contribution in [0, 0.1) is 0 Å². The molecule has 1 atom stereocenters. The Kier molecular flexibility index (Phi) is 4.82. The lowest BCUT2D eigenvalue weighted by molar-refractivity contribution is 0.412. The van der Waals surface area contributed by atoms with Gasteiger partial charge in [0.1, 0.15) is 10.4 Å². The van der Waals surface area contributed by atoms with Gasteiger partial charge in [-0.1, -0.05) is 6.07 Å². The first-order valence-corrected chi connectivity index (χ1v) is 7.41. The average Bonchev–Trinajstić information content (AvgIpc) is 2.41. The van der Waals surface area contributed by atoms with Crippen LogP contribution in [0.25, 0.3) is 0 Å². The Morgan fingerprint density at radius 1 is 1.26 bits per heavy atom. The molecule has 100 valence electrons. The van der Waals surface area contributed by atoms with Crippen molar-refractivity contribution in [2.75, 3.05) is 12.4 Å². The molecule has 1 aromatic carbocycles. The largest absolute Gasteiger partial charge is 0.496 e. The SMILES string of the molecule is COc1ccc(C(C)Nc2cccnc2Br)cc1Br. The highest BCUT2D eigenvalue weighted by molar-refractivity contribution is 9.10. The standard InChI is InChI=1S/C14H14Br2N2O/c1-9(18-12-4-3-7-17-14(12)16)10-5-6-13(19-2)11(15)8-10/h3-9,18H,1-2H3. The first-order chi connectivity index (χ1) is 9.11. The Bertz CT molecular complexity index is 575. The van der Waals surface area contributed by atoms with E-state index in [4.69, 9.17) is 4.74 Å². The van der Waals surface area contributed by atoms with Crippen molar-refractivity contribution < 1.29 is 4.74 Å². The summed E-state index contributed by atoms with van der Waals surface area (Å²) in [6, 6.07) is 10.1. The smallest absolute Gasteiger partial charge is 0.133 e. The Morgan fingerprint density at radius 3 is 2.68 bits per heavy atom. The fourth-order valence-electron chi connectivity index (χ4n) is 1.76. The first-order valence-electron chi connectivity index (χ1n) is 5.82. The van der Waals surface area contributed by atoms with Crippen molar-refractivity contribution in [2.45, 2.75) is 13.0 Å². The van der Waals surface area contributed by atoms with E-state index < -0.39 is 0 Å². The summed E-state index contributed by atoms with van der Waals surface area (Å²) in [5, 5.41) is 3.42. The Morgan fingerprint density at radius 2 is 2.05 bits per heavy atom. The van der Waals surface area contributed by atoms with Gasteiger partial charge in [0, 0.05) is 12.2 Å². The third kappa shape index (κ3) is 3.48. The number of hydrogen-bond donors (Lipinski definition) is 1. The number of pyridine rings is 1. The lowest BCUT2D eigenvalue weighted by Gasteiger charge is -2.17. The maximum atomic E-state index is 5.23. The van der Waals surface area contributed by atoms with Crippen LogP contribution in [0.15, 0.2) is 45.6 Å². The van der Waals surface area contributed by atoms with Crippen molar-refractivity contribution in [1.29, 1.82) is 0 Å². The minimum absolute atomic E-state index is 0.169. The van der Waals surface area contributed by atoms with Crippen LogP contribution in [0.2, 0.25) is 0 Å². The molecule has 0 aliphatic rings. The van der Waals surface area contributed by atoms with E-state index in [0.29, 0.717) is 0 Å². The molecule has 1 heterocycles. The van der Waals surface area contributed by atoms with Gasteiger partial charge in [0.2, 0.25) is 0 Å². The van der Waals surface area contributed by atoms with Gasteiger partial charge in [-0.2, -0.15) is 0 Å². The fourth-order valence-corrected chi connectivity index (χ4v) is 2.69. The highest BCUT2D eigenvalue weighted by atomic mass is 79.9. The summed E-state index contributed by atoms with van der Waals surface area (Å²) < 4.78 is 7.00. The highest BCUT2D eigenvalue weighted by Gasteiger charge is 2.10. The van der Waals surface area contributed by atoms with E-state index >= 15 is 0 Å². The van der Waals surface area contributed by atoms with Gasteiger partial charge in [-0.25, -0.2) is 4.98 Å². The predicted molar refractivity (Wildman–Crippen MR) is 84.7 cm³/mol. The quantitative estimate of drug-likeness (QED) is 0.768. The van der Waals surface area contributed by atoms with Gasteiger partial charge in [-0.05, 0) is 68.6 Å². The van der Waals surface area contributed by atoms with Crippen molar-refractivity contribution in [3.63, 3.8) is 0 Å². The molecule has 0 saturated heterocycles. The third-order valence-corrected chi connectivity index (χ3v) is 4.06. The van der Waals surface area contributed by atoms with Crippen LogP contribution in [0.1, 0.15) is 18.5 Å². The molecule has 1 N–H and O–H groups in total. The van der Waals surface area contributed by atoms with Crippen LogP contribution in [-0.4, -0.2) is 12.1 Å². The molecule has 0 radical (unpaired) electrons. The molecule has 1 aromatic heterocycles. The number of halogens is 2. The number of anilines is 1. The van der Waals surface area contributed by atoms with Crippen LogP contribution in [0.3, 0.4) is 0 Å². The summed E-state index contributed by atoms with van der Waals surface area (Å²) in [6.07, 6.45) is 1.75. The van der Waals surface area contributed by atoms with E-state index in [1.165, 1.54) is 5.56 Å². The number of methoxy groups -OCH3 is 1. The van der Waals surface area contributed by atoms with Crippen LogP contribution < -0.4 is 10.1 Å². The summed E-state index contributed by atoms with van der Waals surface area (Å²) in [4.78, 5) is 4.20. The number of hydrogen-bond acceptors (Lipinski definition) is 3. The predicted octanol–water partition coefficient (Wildman–Crippen LogP) is 4.79. The van der Waals surface area contributed by atoms with Crippen LogP contribution in [-0.2, 0) is 0 Å². The molecule has 1 unspecified atom stereocenters. The molecule has 0 bridgehead atoms. The second-order valence-electron chi connectivity index (χ2n) is 4.10. The van der Waals surface area contributed by atoms with Gasteiger partial charge in [0.25, 0.3) is 0 Å². The summed E-state index contributed by atoms with van der Waals surface area (Å²) in [7, 11) is 1.66. The number of nitrogens with zero attached hydrogens (tertiary/aromatic N) is 1. The van der Waals surface area contributed by atoms with Gasteiger partial charge < -0.3 is 10.1 Å². The second kappa shape index (κ2) is 6.39. The van der Waals surface area contributed by atoms with Crippen molar-refractivity contribution >= 4 is 37.5 Å². The number of rotatable bonds is 4. The molecule has 0 saturated carbocycles. The second-order valence-corrected chi connectivity index (χ2v) is 5.71. The number of benzene rings is 1. The fraction of sp³-hybridized carbons (Fsp3) is 0.214. The summed E-state index contributed by atoms with van der Waals surface area (Å²) in [5.41, 5.74) is 2.14. The minimum Gasteiger partial charge on any atom is -0.496 e. The van der Waals surface area contributed by atoms with E-state index in [2.05, 4.69) is 55.2 Å². The molecule has 0 fully saturated rings. The molecular formula is C14H14Br2N2O. The molecule has 0 aliphatic heterocycles. The van der Waals surface area contributed by atoms with E-state index in [-0.39, 0.29) is 6.04 Å². The van der Waals surface area contributed by atoms with Crippen molar-refractivity contribution in [3.05, 3.63) is 51.2 Å². The maximum absolute atomic E-state index is 5.23. The number of nitrogens with one attached hydrogen (secondary N) is 1. The van der Waals surface area contributed by atoms with Gasteiger partial charge in [0.05, 0.1) is 17.3 Å². The molecule has 0 aliphatic carbocycles. The molecule has 19 heavy (non-hydrogen) atoms. The summed E-state index contributed by atoms with van der Waals surface area (Å²) >= 11 is 6.93. The van der Waals surface area contributed by atoms with Crippen molar-refractivity contribution in [1.82, 2.24) is 4.98 Å². The first kappa shape index (κ1) is 14.3. The number of ether oxygens (including phenoxy) is 1. The van der Waals surface area contributed by atoms with Gasteiger partial charge in [-0.3, -0.25) is 0 Å². The van der Waals surface area contributed by atoms with E-state index in [0.717, 1.165) is 20.5 Å². The van der Waals surface area contributed by atoms with E-state index in [1.807, 2.05) is 24.3 Å². The molecule has 0 amide bonds. The Hall–Kier alpha value is -1.07. The zero-order valence-electron chi connectivity index (χ0n) is 10.7.